The van der Waals surface area contributed by atoms with Crippen molar-refractivity contribution in [2.24, 2.45) is 0 Å². The van der Waals surface area contributed by atoms with Crippen LogP contribution in [0.1, 0.15) is 35.3 Å². The monoisotopic (exact) mass is 470 g/mol. The summed E-state index contributed by atoms with van der Waals surface area (Å²) >= 11 is 1.68. The van der Waals surface area contributed by atoms with Crippen LogP contribution in [0.25, 0.3) is 10.2 Å². The molecule has 0 radical (unpaired) electrons. The Morgan fingerprint density at radius 2 is 1.94 bits per heavy atom. The quantitative estimate of drug-likeness (QED) is 0.378. The van der Waals surface area contributed by atoms with Gasteiger partial charge in [0.05, 0.1) is 41.0 Å². The Labute approximate surface area is 195 Å². The Morgan fingerprint density at radius 1 is 1.21 bits per heavy atom. The standard InChI is InChI=1S/C23H26N4O5S/c1-4-32-20-13-16(18(27(29)30)14-19(20)31-3)23(28)26-11-9-25(10-12-26)15(2)22-24-17-7-5-6-8-21(17)33-22/h5-8,13-15H,4,9-12H2,1-3H3. The largest absolute Gasteiger partial charge is 0.493 e. The fraction of sp³-hybridized carbons (Fsp3) is 0.391. The summed E-state index contributed by atoms with van der Waals surface area (Å²) in [6, 6.07) is 10.9. The first-order chi connectivity index (χ1) is 15.9. The van der Waals surface area contributed by atoms with Crippen LogP contribution in [0, 0.1) is 10.1 Å². The number of carbonyl (C=O) groups is 1. The highest BCUT2D eigenvalue weighted by molar-refractivity contribution is 7.18. The Hall–Kier alpha value is -3.24. The minimum atomic E-state index is -0.559. The molecule has 0 spiro atoms. The Kier molecular flexibility index (Phi) is 6.75. The van der Waals surface area contributed by atoms with Crippen molar-refractivity contribution in [3.63, 3.8) is 0 Å². The van der Waals surface area contributed by atoms with Crippen LogP contribution in [-0.2, 0) is 0 Å². The molecular weight excluding hydrogens is 444 g/mol. The number of nitrogens with zero attached hydrogens (tertiary/aromatic N) is 4. The molecule has 1 amide bonds. The predicted octanol–water partition coefficient (Wildman–Crippen LogP) is 4.13. The van der Waals surface area contributed by atoms with E-state index in [2.05, 4.69) is 17.9 Å². The molecular formula is C23H26N4O5S. The molecule has 1 aliphatic rings. The van der Waals surface area contributed by atoms with Crippen LogP contribution in [0.4, 0.5) is 5.69 Å². The average molecular weight is 471 g/mol. The summed E-state index contributed by atoms with van der Waals surface area (Å²) in [6.45, 7) is 6.54. The van der Waals surface area contributed by atoms with E-state index < -0.39 is 4.92 Å². The van der Waals surface area contributed by atoms with Crippen molar-refractivity contribution < 1.29 is 19.2 Å². The van der Waals surface area contributed by atoms with E-state index in [1.165, 1.54) is 19.2 Å². The number of rotatable bonds is 7. The highest BCUT2D eigenvalue weighted by Gasteiger charge is 2.31. The molecule has 1 saturated heterocycles. The Morgan fingerprint density at radius 3 is 2.58 bits per heavy atom. The summed E-state index contributed by atoms with van der Waals surface area (Å²) in [6.07, 6.45) is 0. The molecule has 33 heavy (non-hydrogen) atoms. The second-order valence-corrected chi connectivity index (χ2v) is 8.80. The molecule has 0 N–H and O–H groups in total. The summed E-state index contributed by atoms with van der Waals surface area (Å²) in [4.78, 5) is 33.0. The van der Waals surface area contributed by atoms with E-state index in [4.69, 9.17) is 14.5 Å². The lowest BCUT2D eigenvalue weighted by molar-refractivity contribution is -0.385. The number of methoxy groups -OCH3 is 1. The van der Waals surface area contributed by atoms with Crippen LogP contribution in [0.5, 0.6) is 11.5 Å². The number of thiazole rings is 1. The number of carbonyl (C=O) groups excluding carboxylic acids is 1. The molecule has 10 heteroatoms. The summed E-state index contributed by atoms with van der Waals surface area (Å²) in [5, 5.41) is 12.7. The van der Waals surface area contributed by atoms with Gasteiger partial charge in [0.1, 0.15) is 10.6 Å². The number of hydrogen-bond acceptors (Lipinski definition) is 8. The first-order valence-corrected chi connectivity index (χ1v) is 11.6. The van der Waals surface area contributed by atoms with Crippen LogP contribution in [-0.4, -0.2) is 65.5 Å². The number of ether oxygens (including phenoxy) is 2. The number of amides is 1. The van der Waals surface area contributed by atoms with Gasteiger partial charge in [-0.2, -0.15) is 0 Å². The maximum Gasteiger partial charge on any atom is 0.286 e. The maximum absolute atomic E-state index is 13.2. The molecule has 1 unspecified atom stereocenters. The van der Waals surface area contributed by atoms with Crippen LogP contribution in [0.3, 0.4) is 0 Å². The third-order valence-corrected chi connectivity index (χ3v) is 7.03. The molecule has 3 aromatic rings. The number of nitro groups is 1. The molecule has 0 saturated carbocycles. The molecule has 174 valence electrons. The van der Waals surface area contributed by atoms with Gasteiger partial charge in [-0.05, 0) is 26.0 Å². The molecule has 1 fully saturated rings. The van der Waals surface area contributed by atoms with Crippen molar-refractivity contribution in [2.75, 3.05) is 39.9 Å². The molecule has 2 heterocycles. The average Bonchev–Trinajstić information content (AvgIpc) is 3.27. The zero-order valence-electron chi connectivity index (χ0n) is 18.8. The van der Waals surface area contributed by atoms with E-state index in [9.17, 15) is 14.9 Å². The topological polar surface area (TPSA) is 98.0 Å². The van der Waals surface area contributed by atoms with E-state index in [0.29, 0.717) is 38.5 Å². The lowest BCUT2D eigenvalue weighted by Crippen LogP contribution is -2.49. The number of piperazine rings is 1. The van der Waals surface area contributed by atoms with E-state index in [1.807, 2.05) is 18.2 Å². The summed E-state index contributed by atoms with van der Waals surface area (Å²) < 4.78 is 11.9. The van der Waals surface area contributed by atoms with Gasteiger partial charge in [-0.25, -0.2) is 4.98 Å². The van der Waals surface area contributed by atoms with Gasteiger partial charge in [-0.15, -0.1) is 11.3 Å². The van der Waals surface area contributed by atoms with Crippen LogP contribution < -0.4 is 9.47 Å². The van der Waals surface area contributed by atoms with Crippen molar-refractivity contribution in [3.05, 3.63) is 57.1 Å². The highest BCUT2D eigenvalue weighted by atomic mass is 32.1. The van der Waals surface area contributed by atoms with Gasteiger partial charge < -0.3 is 14.4 Å². The summed E-state index contributed by atoms with van der Waals surface area (Å²) in [7, 11) is 1.41. The minimum Gasteiger partial charge on any atom is -0.493 e. The molecule has 0 bridgehead atoms. The van der Waals surface area contributed by atoms with Crippen molar-refractivity contribution >= 4 is 33.1 Å². The lowest BCUT2D eigenvalue weighted by atomic mass is 10.1. The summed E-state index contributed by atoms with van der Waals surface area (Å²) in [5.41, 5.74) is 0.720. The molecule has 4 rings (SSSR count). The molecule has 9 nitrogen and oxygen atoms in total. The van der Waals surface area contributed by atoms with Crippen molar-refractivity contribution in [1.82, 2.24) is 14.8 Å². The van der Waals surface area contributed by atoms with Gasteiger partial charge in [0, 0.05) is 32.2 Å². The van der Waals surface area contributed by atoms with E-state index >= 15 is 0 Å². The minimum absolute atomic E-state index is 0.0110. The van der Waals surface area contributed by atoms with Gasteiger partial charge in [-0.3, -0.25) is 19.8 Å². The van der Waals surface area contributed by atoms with E-state index in [-0.39, 0.29) is 28.9 Å². The third-order valence-electron chi connectivity index (χ3n) is 5.83. The SMILES string of the molecule is CCOc1cc(C(=O)N2CCN(C(C)c3nc4ccccc4s3)CC2)c([N+](=O)[O-])cc1OC. The number of para-hydroxylation sites is 1. The molecule has 1 aromatic heterocycles. The first kappa shape index (κ1) is 22.9. The van der Waals surface area contributed by atoms with E-state index in [1.54, 1.807) is 23.2 Å². The van der Waals surface area contributed by atoms with E-state index in [0.717, 1.165) is 15.2 Å². The number of hydrogen-bond donors (Lipinski definition) is 0. The third kappa shape index (κ3) is 4.62. The molecule has 1 aliphatic heterocycles. The number of nitro benzene ring substituents is 1. The maximum atomic E-state index is 13.2. The smallest absolute Gasteiger partial charge is 0.286 e. The molecule has 0 aliphatic carbocycles. The van der Waals surface area contributed by atoms with Crippen LogP contribution in [0.2, 0.25) is 0 Å². The second kappa shape index (κ2) is 9.72. The van der Waals surface area contributed by atoms with Crippen LogP contribution >= 0.6 is 11.3 Å². The van der Waals surface area contributed by atoms with Gasteiger partial charge in [0.15, 0.2) is 11.5 Å². The Bertz CT molecular complexity index is 1140. The van der Waals surface area contributed by atoms with Crippen molar-refractivity contribution in [2.45, 2.75) is 19.9 Å². The highest BCUT2D eigenvalue weighted by Crippen LogP contribution is 2.36. The number of fused-ring (bicyclic) bond motifs is 1. The van der Waals surface area contributed by atoms with Gasteiger partial charge in [-0.1, -0.05) is 12.1 Å². The number of aromatic nitrogens is 1. The van der Waals surface area contributed by atoms with Gasteiger partial charge >= 0.3 is 0 Å². The van der Waals surface area contributed by atoms with Crippen molar-refractivity contribution in [3.8, 4) is 11.5 Å². The second-order valence-electron chi connectivity index (χ2n) is 7.73. The molecule has 1 atom stereocenters. The normalized spacial score (nSPS) is 15.4. The Balaban J connectivity index is 1.50. The predicted molar refractivity (Wildman–Crippen MR) is 126 cm³/mol. The van der Waals surface area contributed by atoms with Gasteiger partial charge in [0.2, 0.25) is 0 Å². The van der Waals surface area contributed by atoms with Gasteiger partial charge in [0.25, 0.3) is 11.6 Å². The fourth-order valence-electron chi connectivity index (χ4n) is 4.01. The zero-order chi connectivity index (χ0) is 23.5. The van der Waals surface area contributed by atoms with Crippen molar-refractivity contribution in [1.29, 1.82) is 0 Å². The zero-order valence-corrected chi connectivity index (χ0v) is 19.6. The number of benzene rings is 2. The molecule has 2 aromatic carbocycles. The van der Waals surface area contributed by atoms with Crippen LogP contribution in [0.15, 0.2) is 36.4 Å². The lowest BCUT2D eigenvalue weighted by Gasteiger charge is -2.37. The fourth-order valence-corrected chi connectivity index (χ4v) is 5.06. The first-order valence-electron chi connectivity index (χ1n) is 10.8. The summed E-state index contributed by atoms with van der Waals surface area (Å²) in [5.74, 6) is 0.171.